The number of nitrogens with zero attached hydrogens (tertiary/aromatic N) is 1. The Morgan fingerprint density at radius 3 is 2.85 bits per heavy atom. The molecule has 1 aromatic heterocycles. The Kier molecular flexibility index (Phi) is 5.08. The second-order valence-electron chi connectivity index (χ2n) is 6.03. The van der Waals surface area contributed by atoms with Crippen molar-refractivity contribution in [2.75, 3.05) is 13.2 Å². The highest BCUT2D eigenvalue weighted by Crippen LogP contribution is 2.39. The molecule has 0 amide bonds. The maximum absolute atomic E-state index is 6.07. The first-order valence-electron chi connectivity index (χ1n) is 8.18. The predicted molar refractivity (Wildman–Crippen MR) is 83.0 cm³/mol. The van der Waals surface area contributed by atoms with Crippen LogP contribution in [0.1, 0.15) is 74.7 Å². The van der Waals surface area contributed by atoms with Crippen LogP contribution in [-0.2, 0) is 4.74 Å². The minimum atomic E-state index is 0.237. The molecule has 1 aromatic rings. The van der Waals surface area contributed by atoms with Crippen molar-refractivity contribution in [3.8, 4) is 0 Å². The van der Waals surface area contributed by atoms with Crippen LogP contribution >= 0.6 is 11.3 Å². The van der Waals surface area contributed by atoms with Gasteiger partial charge in [-0.1, -0.05) is 19.3 Å². The highest BCUT2D eigenvalue weighted by atomic mass is 32.1. The predicted octanol–water partition coefficient (Wildman–Crippen LogP) is 4.23. The molecule has 112 valence electrons. The van der Waals surface area contributed by atoms with Crippen molar-refractivity contribution in [2.45, 2.75) is 64.0 Å². The van der Waals surface area contributed by atoms with Crippen LogP contribution in [0, 0.1) is 5.92 Å². The van der Waals surface area contributed by atoms with E-state index < -0.39 is 0 Å². The van der Waals surface area contributed by atoms with Gasteiger partial charge < -0.3 is 10.1 Å². The molecule has 0 aromatic carbocycles. The summed E-state index contributed by atoms with van der Waals surface area (Å²) in [4.78, 5) is 4.92. The van der Waals surface area contributed by atoms with Crippen LogP contribution in [0.25, 0.3) is 0 Å². The average molecular weight is 294 g/mol. The van der Waals surface area contributed by atoms with Crippen molar-refractivity contribution in [3.63, 3.8) is 0 Å². The average Bonchev–Trinajstić information content (AvgIpc) is 3.16. The summed E-state index contributed by atoms with van der Waals surface area (Å²) in [6.07, 6.45) is 9.46. The third kappa shape index (κ3) is 3.23. The number of aromatic nitrogens is 1. The van der Waals surface area contributed by atoms with E-state index in [1.54, 1.807) is 11.3 Å². The molecule has 2 atom stereocenters. The van der Waals surface area contributed by atoms with E-state index in [0.29, 0.717) is 12.0 Å². The Bertz CT molecular complexity index is 408. The Morgan fingerprint density at radius 1 is 1.30 bits per heavy atom. The van der Waals surface area contributed by atoms with Crippen molar-refractivity contribution in [2.24, 2.45) is 5.92 Å². The molecule has 1 saturated heterocycles. The molecule has 3 nitrogen and oxygen atoms in total. The number of rotatable bonds is 5. The molecular formula is C16H26N2OS. The van der Waals surface area contributed by atoms with Gasteiger partial charge in [0.1, 0.15) is 11.1 Å². The summed E-state index contributed by atoms with van der Waals surface area (Å²) in [7, 11) is 0. The van der Waals surface area contributed by atoms with Crippen LogP contribution in [-0.4, -0.2) is 18.1 Å². The summed E-state index contributed by atoms with van der Waals surface area (Å²) in [5.74, 6) is 0.680. The van der Waals surface area contributed by atoms with Gasteiger partial charge in [0, 0.05) is 12.0 Å². The molecule has 1 N–H and O–H groups in total. The van der Waals surface area contributed by atoms with E-state index in [9.17, 15) is 0 Å². The second-order valence-corrected chi connectivity index (χ2v) is 6.92. The van der Waals surface area contributed by atoms with E-state index in [1.165, 1.54) is 55.6 Å². The summed E-state index contributed by atoms with van der Waals surface area (Å²) < 4.78 is 6.07. The third-order valence-electron chi connectivity index (χ3n) is 4.62. The SMILES string of the molecule is CCOC(c1nc([C@@H]2CCCN2)cs1)C1CCCCC1. The molecule has 0 bridgehead atoms. The van der Waals surface area contributed by atoms with Gasteiger partial charge in [-0.15, -0.1) is 11.3 Å². The van der Waals surface area contributed by atoms with Crippen molar-refractivity contribution in [1.82, 2.24) is 10.3 Å². The molecule has 3 rings (SSSR count). The van der Waals surface area contributed by atoms with Gasteiger partial charge in [-0.3, -0.25) is 0 Å². The van der Waals surface area contributed by atoms with Crippen molar-refractivity contribution >= 4 is 11.3 Å². The van der Waals surface area contributed by atoms with Crippen molar-refractivity contribution in [3.05, 3.63) is 16.1 Å². The molecular weight excluding hydrogens is 268 g/mol. The fraction of sp³-hybridized carbons (Fsp3) is 0.812. The lowest BCUT2D eigenvalue weighted by atomic mass is 9.85. The minimum Gasteiger partial charge on any atom is -0.371 e. The number of hydrogen-bond acceptors (Lipinski definition) is 4. The Labute approximate surface area is 126 Å². The lowest BCUT2D eigenvalue weighted by Crippen LogP contribution is -2.19. The van der Waals surface area contributed by atoms with E-state index in [0.717, 1.165) is 13.2 Å². The highest BCUT2D eigenvalue weighted by molar-refractivity contribution is 7.09. The third-order valence-corrected chi connectivity index (χ3v) is 5.55. The summed E-state index contributed by atoms with van der Waals surface area (Å²) >= 11 is 1.80. The topological polar surface area (TPSA) is 34.1 Å². The van der Waals surface area contributed by atoms with Gasteiger partial charge in [0.05, 0.1) is 11.7 Å². The first kappa shape index (κ1) is 14.5. The molecule has 1 unspecified atom stereocenters. The van der Waals surface area contributed by atoms with Crippen molar-refractivity contribution in [1.29, 1.82) is 0 Å². The van der Waals surface area contributed by atoms with Gasteiger partial charge in [0.25, 0.3) is 0 Å². The number of thiazole rings is 1. The van der Waals surface area contributed by atoms with E-state index in [2.05, 4.69) is 17.6 Å². The zero-order valence-electron chi connectivity index (χ0n) is 12.4. The van der Waals surface area contributed by atoms with Crippen LogP contribution in [0.15, 0.2) is 5.38 Å². The number of hydrogen-bond donors (Lipinski definition) is 1. The quantitative estimate of drug-likeness (QED) is 0.882. The molecule has 2 heterocycles. The van der Waals surface area contributed by atoms with E-state index in [4.69, 9.17) is 9.72 Å². The summed E-state index contributed by atoms with van der Waals surface area (Å²) in [6, 6.07) is 0.480. The molecule has 0 spiro atoms. The van der Waals surface area contributed by atoms with Crippen LogP contribution in [0.2, 0.25) is 0 Å². The lowest BCUT2D eigenvalue weighted by Gasteiger charge is -2.28. The zero-order valence-corrected chi connectivity index (χ0v) is 13.3. The van der Waals surface area contributed by atoms with Crippen LogP contribution in [0.4, 0.5) is 0 Å². The monoisotopic (exact) mass is 294 g/mol. The normalized spacial score (nSPS) is 25.9. The molecule has 20 heavy (non-hydrogen) atoms. The Hall–Kier alpha value is -0.450. The maximum atomic E-state index is 6.07. The van der Waals surface area contributed by atoms with E-state index >= 15 is 0 Å². The van der Waals surface area contributed by atoms with Gasteiger partial charge in [0.2, 0.25) is 0 Å². The van der Waals surface area contributed by atoms with E-state index in [-0.39, 0.29) is 6.10 Å². The highest BCUT2D eigenvalue weighted by Gasteiger charge is 2.29. The van der Waals surface area contributed by atoms with Gasteiger partial charge >= 0.3 is 0 Å². The minimum absolute atomic E-state index is 0.237. The smallest absolute Gasteiger partial charge is 0.122 e. The molecule has 2 fully saturated rings. The standard InChI is InChI=1S/C16H26N2OS/c1-2-19-15(12-7-4-3-5-8-12)16-18-14(11-20-16)13-9-6-10-17-13/h11-13,15,17H,2-10H2,1H3/t13-,15?/m0/s1. The summed E-state index contributed by atoms with van der Waals surface area (Å²) in [5.41, 5.74) is 1.24. The maximum Gasteiger partial charge on any atom is 0.122 e. The number of nitrogens with one attached hydrogen (secondary N) is 1. The first-order valence-corrected chi connectivity index (χ1v) is 9.06. The Morgan fingerprint density at radius 2 is 2.15 bits per heavy atom. The molecule has 1 saturated carbocycles. The molecule has 0 radical (unpaired) electrons. The lowest BCUT2D eigenvalue weighted by molar-refractivity contribution is 0.00539. The van der Waals surface area contributed by atoms with E-state index in [1.807, 2.05) is 0 Å². The fourth-order valence-corrected chi connectivity index (χ4v) is 4.57. The molecule has 4 heteroatoms. The molecule has 1 aliphatic carbocycles. The number of ether oxygens (including phenoxy) is 1. The van der Waals surface area contributed by atoms with Crippen LogP contribution in [0.3, 0.4) is 0 Å². The van der Waals surface area contributed by atoms with Crippen LogP contribution in [0.5, 0.6) is 0 Å². The fourth-order valence-electron chi connectivity index (χ4n) is 3.55. The second kappa shape index (κ2) is 7.01. The zero-order chi connectivity index (χ0) is 13.8. The Balaban J connectivity index is 1.72. The van der Waals surface area contributed by atoms with Gasteiger partial charge in [-0.05, 0) is 45.1 Å². The van der Waals surface area contributed by atoms with Crippen molar-refractivity contribution < 1.29 is 4.74 Å². The van der Waals surface area contributed by atoms with Gasteiger partial charge in [-0.25, -0.2) is 4.98 Å². The molecule has 2 aliphatic rings. The molecule has 1 aliphatic heterocycles. The summed E-state index contributed by atoms with van der Waals surface area (Å²) in [5, 5.41) is 6.99. The summed E-state index contributed by atoms with van der Waals surface area (Å²) in [6.45, 7) is 4.02. The largest absolute Gasteiger partial charge is 0.371 e. The van der Waals surface area contributed by atoms with Crippen LogP contribution < -0.4 is 5.32 Å². The van der Waals surface area contributed by atoms with Gasteiger partial charge in [0.15, 0.2) is 0 Å². The van der Waals surface area contributed by atoms with Gasteiger partial charge in [-0.2, -0.15) is 0 Å². The first-order chi connectivity index (χ1) is 9.88.